The number of hydrogen-bond acceptors (Lipinski definition) is 4. The highest BCUT2D eigenvalue weighted by Gasteiger charge is 2.11. The molecule has 16 heavy (non-hydrogen) atoms. The summed E-state index contributed by atoms with van der Waals surface area (Å²) in [5.41, 5.74) is 8.00. The fraction of sp³-hybridized carbons (Fsp3) is 0.273. The Kier molecular flexibility index (Phi) is 3.26. The van der Waals surface area contributed by atoms with Gasteiger partial charge in [0.05, 0.1) is 11.1 Å². The molecule has 1 heterocycles. The smallest absolute Gasteiger partial charge is 0.123 e. The van der Waals surface area contributed by atoms with Crippen LogP contribution < -0.4 is 5.73 Å². The van der Waals surface area contributed by atoms with Crippen molar-refractivity contribution in [1.82, 2.24) is 9.59 Å². The van der Waals surface area contributed by atoms with Gasteiger partial charge in [-0.25, -0.2) is 4.39 Å². The van der Waals surface area contributed by atoms with Crippen molar-refractivity contribution in [3.63, 3.8) is 0 Å². The molecule has 0 bridgehead atoms. The van der Waals surface area contributed by atoms with Crippen molar-refractivity contribution >= 4 is 11.5 Å². The number of halogens is 1. The number of benzene rings is 1. The molecule has 0 aliphatic carbocycles. The van der Waals surface area contributed by atoms with E-state index in [-0.39, 0.29) is 11.9 Å². The zero-order valence-electron chi connectivity index (χ0n) is 8.85. The molecule has 1 aromatic heterocycles. The summed E-state index contributed by atoms with van der Waals surface area (Å²) in [7, 11) is 0. The summed E-state index contributed by atoms with van der Waals surface area (Å²) < 4.78 is 16.7. The Hall–Kier alpha value is -1.33. The number of aromatic nitrogens is 2. The Morgan fingerprint density at radius 2 is 2.31 bits per heavy atom. The van der Waals surface area contributed by atoms with E-state index < -0.39 is 0 Å². The summed E-state index contributed by atoms with van der Waals surface area (Å²) in [6.07, 6.45) is 2.35. The molecule has 1 aromatic carbocycles. The summed E-state index contributed by atoms with van der Waals surface area (Å²) in [6, 6.07) is 4.63. The maximum absolute atomic E-state index is 12.9. The Bertz CT molecular complexity index is 470. The molecule has 5 heteroatoms. The summed E-state index contributed by atoms with van der Waals surface area (Å²) in [5, 5.41) is 3.75. The first-order valence-electron chi connectivity index (χ1n) is 4.94. The van der Waals surface area contributed by atoms with Gasteiger partial charge in [-0.2, -0.15) is 0 Å². The second-order valence-corrected chi connectivity index (χ2v) is 4.52. The molecular formula is C11H12FN3S. The first-order chi connectivity index (χ1) is 7.66. The first kappa shape index (κ1) is 11.2. The lowest BCUT2D eigenvalue weighted by atomic mass is 10.0. The van der Waals surface area contributed by atoms with Crippen molar-refractivity contribution < 1.29 is 4.39 Å². The average molecular weight is 237 g/mol. The van der Waals surface area contributed by atoms with E-state index in [0.29, 0.717) is 6.42 Å². The van der Waals surface area contributed by atoms with Crippen molar-refractivity contribution in [2.24, 2.45) is 5.73 Å². The summed E-state index contributed by atoms with van der Waals surface area (Å²) in [5.74, 6) is -0.214. The predicted molar refractivity (Wildman–Crippen MR) is 61.7 cm³/mol. The van der Waals surface area contributed by atoms with Gasteiger partial charge in [0.15, 0.2) is 0 Å². The zero-order valence-corrected chi connectivity index (χ0v) is 9.67. The molecule has 2 N–H and O–H groups in total. The monoisotopic (exact) mass is 237 g/mol. The van der Waals surface area contributed by atoms with E-state index in [1.807, 2.05) is 6.92 Å². The van der Waals surface area contributed by atoms with Gasteiger partial charge in [0.1, 0.15) is 5.82 Å². The zero-order chi connectivity index (χ0) is 11.5. The van der Waals surface area contributed by atoms with Gasteiger partial charge >= 0.3 is 0 Å². The molecule has 0 fully saturated rings. The van der Waals surface area contributed by atoms with E-state index in [2.05, 4.69) is 9.59 Å². The lowest BCUT2D eigenvalue weighted by molar-refractivity contribution is 0.624. The molecule has 0 amide bonds. The fourth-order valence-corrected chi connectivity index (χ4v) is 2.07. The Morgan fingerprint density at radius 1 is 1.50 bits per heavy atom. The van der Waals surface area contributed by atoms with Gasteiger partial charge in [-0.1, -0.05) is 10.6 Å². The Morgan fingerprint density at radius 3 is 2.94 bits per heavy atom. The standard InChI is InChI=1S/C11H12FN3S/c1-7-4-9(12)3-2-8(7)5-10(13)11-6-14-15-16-11/h2-4,6,10H,5,13H2,1H3. The first-order valence-corrected chi connectivity index (χ1v) is 5.72. The van der Waals surface area contributed by atoms with Crippen LogP contribution in [-0.2, 0) is 6.42 Å². The van der Waals surface area contributed by atoms with Crippen LogP contribution in [0.25, 0.3) is 0 Å². The SMILES string of the molecule is Cc1cc(F)ccc1CC(N)c1cnns1. The normalized spacial score (nSPS) is 12.7. The lowest BCUT2D eigenvalue weighted by Crippen LogP contribution is -2.12. The summed E-state index contributed by atoms with van der Waals surface area (Å²) in [6.45, 7) is 1.88. The molecule has 0 spiro atoms. The molecule has 1 unspecified atom stereocenters. The van der Waals surface area contributed by atoms with Crippen LogP contribution in [0.15, 0.2) is 24.4 Å². The van der Waals surface area contributed by atoms with Gasteiger partial charge in [-0.3, -0.25) is 0 Å². The van der Waals surface area contributed by atoms with E-state index >= 15 is 0 Å². The molecule has 0 radical (unpaired) electrons. The highest BCUT2D eigenvalue weighted by molar-refractivity contribution is 7.05. The molecule has 3 nitrogen and oxygen atoms in total. The number of rotatable bonds is 3. The van der Waals surface area contributed by atoms with E-state index in [1.54, 1.807) is 12.3 Å². The van der Waals surface area contributed by atoms with Crippen molar-refractivity contribution in [3.8, 4) is 0 Å². The molecule has 1 atom stereocenters. The van der Waals surface area contributed by atoms with Crippen LogP contribution in [0.3, 0.4) is 0 Å². The summed E-state index contributed by atoms with van der Waals surface area (Å²) >= 11 is 1.30. The van der Waals surface area contributed by atoms with Gasteiger partial charge in [-0.05, 0) is 48.1 Å². The van der Waals surface area contributed by atoms with Crippen LogP contribution in [0, 0.1) is 12.7 Å². The molecule has 0 saturated heterocycles. The minimum Gasteiger partial charge on any atom is -0.323 e. The van der Waals surface area contributed by atoms with Crippen molar-refractivity contribution in [2.75, 3.05) is 0 Å². The van der Waals surface area contributed by atoms with E-state index in [4.69, 9.17) is 5.73 Å². The topological polar surface area (TPSA) is 51.8 Å². The van der Waals surface area contributed by atoms with Gasteiger partial charge in [0.25, 0.3) is 0 Å². The molecule has 2 rings (SSSR count). The third-order valence-corrected chi connectivity index (χ3v) is 3.28. The highest BCUT2D eigenvalue weighted by Crippen LogP contribution is 2.20. The Balaban J connectivity index is 2.15. The van der Waals surface area contributed by atoms with Gasteiger partial charge in [0, 0.05) is 6.04 Å². The average Bonchev–Trinajstić information content (AvgIpc) is 2.75. The van der Waals surface area contributed by atoms with Crippen molar-refractivity contribution in [1.29, 1.82) is 0 Å². The number of nitrogens with two attached hydrogens (primary N) is 1. The van der Waals surface area contributed by atoms with Crippen molar-refractivity contribution in [2.45, 2.75) is 19.4 Å². The van der Waals surface area contributed by atoms with Crippen LogP contribution in [0.2, 0.25) is 0 Å². The quantitative estimate of drug-likeness (QED) is 0.890. The number of nitrogens with zero attached hydrogens (tertiary/aromatic N) is 2. The maximum Gasteiger partial charge on any atom is 0.123 e. The predicted octanol–water partition coefficient (Wildman–Crippen LogP) is 2.23. The molecule has 0 saturated carbocycles. The molecule has 0 aliphatic rings. The van der Waals surface area contributed by atoms with Crippen molar-refractivity contribution in [3.05, 3.63) is 46.2 Å². The molecular weight excluding hydrogens is 225 g/mol. The van der Waals surface area contributed by atoms with E-state index in [1.165, 1.54) is 23.7 Å². The van der Waals surface area contributed by atoms with E-state index in [9.17, 15) is 4.39 Å². The largest absolute Gasteiger partial charge is 0.323 e. The third-order valence-electron chi connectivity index (χ3n) is 2.49. The Labute approximate surface area is 97.3 Å². The van der Waals surface area contributed by atoms with Crippen LogP contribution in [0.1, 0.15) is 22.0 Å². The highest BCUT2D eigenvalue weighted by atomic mass is 32.1. The molecule has 2 aromatic rings. The van der Waals surface area contributed by atoms with Crippen LogP contribution >= 0.6 is 11.5 Å². The van der Waals surface area contributed by atoms with Crippen LogP contribution in [-0.4, -0.2) is 9.59 Å². The van der Waals surface area contributed by atoms with Crippen LogP contribution in [0.4, 0.5) is 4.39 Å². The maximum atomic E-state index is 12.9. The minimum absolute atomic E-state index is 0.121. The molecule has 0 aliphatic heterocycles. The lowest BCUT2D eigenvalue weighted by Gasteiger charge is -2.10. The van der Waals surface area contributed by atoms with E-state index in [0.717, 1.165) is 16.0 Å². The van der Waals surface area contributed by atoms with Gasteiger partial charge in [-0.15, -0.1) is 5.10 Å². The van der Waals surface area contributed by atoms with Gasteiger partial charge < -0.3 is 5.73 Å². The number of aryl methyl sites for hydroxylation is 1. The second kappa shape index (κ2) is 4.67. The minimum atomic E-state index is -0.214. The molecule has 84 valence electrons. The summed E-state index contributed by atoms with van der Waals surface area (Å²) in [4.78, 5) is 0.948. The third kappa shape index (κ3) is 2.43. The second-order valence-electron chi connectivity index (χ2n) is 3.70. The number of hydrogen-bond donors (Lipinski definition) is 1. The van der Waals surface area contributed by atoms with Crippen LogP contribution in [0.5, 0.6) is 0 Å². The van der Waals surface area contributed by atoms with Gasteiger partial charge in [0.2, 0.25) is 0 Å². The fourth-order valence-electron chi connectivity index (χ4n) is 1.56.